The summed E-state index contributed by atoms with van der Waals surface area (Å²) < 4.78 is 34.0. The summed E-state index contributed by atoms with van der Waals surface area (Å²) in [7, 11) is 0. The number of nitrogens with one attached hydrogen (secondary N) is 2. The number of hydrogen-bond acceptors (Lipinski definition) is 4. The molecule has 0 aliphatic carbocycles. The normalized spacial score (nSPS) is 12.2. The van der Waals surface area contributed by atoms with Crippen LogP contribution in [0.4, 0.5) is 8.78 Å². The van der Waals surface area contributed by atoms with Crippen LogP contribution < -0.4 is 15.4 Å². The fraction of sp³-hybridized carbons (Fsp3) is 0.350. The van der Waals surface area contributed by atoms with Gasteiger partial charge in [-0.05, 0) is 36.8 Å². The van der Waals surface area contributed by atoms with Gasteiger partial charge in [-0.15, -0.1) is 24.0 Å². The molecular formula is C20H26F2IN3O3. The maximum Gasteiger partial charge on any atom is 0.387 e. The third kappa shape index (κ3) is 9.75. The SMILES string of the molecule is C=C(C)CNC(=NCC(O)c1ccc(OC(F)F)cc1)NCCc1ccco1.I. The van der Waals surface area contributed by atoms with Crippen LogP contribution in [0, 0.1) is 0 Å². The Morgan fingerprint density at radius 3 is 2.55 bits per heavy atom. The number of nitrogens with zero attached hydrogens (tertiary/aromatic N) is 1. The average molecular weight is 521 g/mol. The first-order chi connectivity index (χ1) is 13.4. The topological polar surface area (TPSA) is 79.0 Å². The van der Waals surface area contributed by atoms with E-state index in [2.05, 4.69) is 26.9 Å². The molecule has 1 heterocycles. The van der Waals surface area contributed by atoms with E-state index in [0.717, 1.165) is 11.3 Å². The van der Waals surface area contributed by atoms with Gasteiger partial charge in [0.15, 0.2) is 5.96 Å². The van der Waals surface area contributed by atoms with Gasteiger partial charge in [-0.25, -0.2) is 0 Å². The van der Waals surface area contributed by atoms with E-state index in [4.69, 9.17) is 4.42 Å². The van der Waals surface area contributed by atoms with Gasteiger partial charge in [0.2, 0.25) is 0 Å². The Hall–Kier alpha value is -2.14. The van der Waals surface area contributed by atoms with Crippen molar-refractivity contribution in [1.29, 1.82) is 0 Å². The first-order valence-electron chi connectivity index (χ1n) is 8.86. The van der Waals surface area contributed by atoms with E-state index in [1.54, 1.807) is 6.26 Å². The molecule has 2 aromatic rings. The first-order valence-corrected chi connectivity index (χ1v) is 8.86. The molecule has 1 aromatic heterocycles. The summed E-state index contributed by atoms with van der Waals surface area (Å²) in [5.74, 6) is 1.43. The second-order valence-corrected chi connectivity index (χ2v) is 6.22. The smallest absolute Gasteiger partial charge is 0.387 e. The molecule has 3 N–H and O–H groups in total. The maximum absolute atomic E-state index is 12.2. The van der Waals surface area contributed by atoms with Crippen molar-refractivity contribution in [2.75, 3.05) is 19.6 Å². The average Bonchev–Trinajstić information content (AvgIpc) is 3.16. The highest BCUT2D eigenvalue weighted by molar-refractivity contribution is 14.0. The Kier molecular flexibility index (Phi) is 11.3. The van der Waals surface area contributed by atoms with Crippen LogP contribution >= 0.6 is 24.0 Å². The molecule has 0 aliphatic heterocycles. The maximum atomic E-state index is 12.2. The van der Waals surface area contributed by atoms with Crippen molar-refractivity contribution in [2.24, 2.45) is 4.99 Å². The summed E-state index contributed by atoms with van der Waals surface area (Å²) in [6.07, 6.45) is 1.43. The van der Waals surface area contributed by atoms with E-state index in [-0.39, 0.29) is 36.3 Å². The van der Waals surface area contributed by atoms with Gasteiger partial charge in [0.25, 0.3) is 0 Å². The number of benzene rings is 1. The van der Waals surface area contributed by atoms with Crippen LogP contribution in [0.1, 0.15) is 24.4 Å². The van der Waals surface area contributed by atoms with Crippen LogP contribution in [0.3, 0.4) is 0 Å². The Balaban J connectivity index is 0.00000420. The Labute approximate surface area is 186 Å². The summed E-state index contributed by atoms with van der Waals surface area (Å²) in [6.45, 7) is 4.10. The quantitative estimate of drug-likeness (QED) is 0.192. The molecule has 0 amide bonds. The molecule has 9 heteroatoms. The number of aliphatic hydroxyl groups excluding tert-OH is 1. The summed E-state index contributed by atoms with van der Waals surface area (Å²) in [4.78, 5) is 4.38. The van der Waals surface area contributed by atoms with Gasteiger partial charge in [0.1, 0.15) is 11.5 Å². The highest BCUT2D eigenvalue weighted by atomic mass is 127. The van der Waals surface area contributed by atoms with Crippen molar-refractivity contribution < 1.29 is 23.0 Å². The van der Waals surface area contributed by atoms with E-state index in [0.29, 0.717) is 31.0 Å². The van der Waals surface area contributed by atoms with E-state index in [1.807, 2.05) is 19.1 Å². The van der Waals surface area contributed by atoms with Crippen LogP contribution in [0.25, 0.3) is 0 Å². The number of rotatable bonds is 10. The third-order valence-corrected chi connectivity index (χ3v) is 3.71. The fourth-order valence-electron chi connectivity index (χ4n) is 2.32. The van der Waals surface area contributed by atoms with E-state index >= 15 is 0 Å². The second-order valence-electron chi connectivity index (χ2n) is 6.22. The highest BCUT2D eigenvalue weighted by Gasteiger charge is 2.10. The fourth-order valence-corrected chi connectivity index (χ4v) is 2.32. The van der Waals surface area contributed by atoms with Gasteiger partial charge < -0.3 is 24.9 Å². The lowest BCUT2D eigenvalue weighted by Crippen LogP contribution is -2.39. The molecule has 0 saturated carbocycles. The van der Waals surface area contributed by atoms with Crippen LogP contribution in [0.15, 0.2) is 64.2 Å². The van der Waals surface area contributed by atoms with Crippen molar-refractivity contribution in [2.45, 2.75) is 26.1 Å². The Morgan fingerprint density at radius 2 is 1.97 bits per heavy atom. The number of hydrogen-bond donors (Lipinski definition) is 3. The van der Waals surface area contributed by atoms with Gasteiger partial charge >= 0.3 is 6.61 Å². The Morgan fingerprint density at radius 1 is 1.24 bits per heavy atom. The number of guanidine groups is 1. The van der Waals surface area contributed by atoms with Crippen molar-refractivity contribution in [3.8, 4) is 5.75 Å². The molecule has 6 nitrogen and oxygen atoms in total. The highest BCUT2D eigenvalue weighted by Crippen LogP contribution is 2.19. The summed E-state index contributed by atoms with van der Waals surface area (Å²) in [6, 6.07) is 9.56. The zero-order valence-corrected chi connectivity index (χ0v) is 18.4. The van der Waals surface area contributed by atoms with Gasteiger partial charge in [0, 0.05) is 19.5 Å². The van der Waals surface area contributed by atoms with Gasteiger partial charge in [0.05, 0.1) is 18.9 Å². The van der Waals surface area contributed by atoms with Gasteiger partial charge in [-0.3, -0.25) is 4.99 Å². The molecular weight excluding hydrogens is 495 g/mol. The molecule has 1 unspecified atom stereocenters. The molecule has 1 aromatic carbocycles. The minimum atomic E-state index is -2.88. The van der Waals surface area contributed by atoms with E-state index in [1.165, 1.54) is 24.3 Å². The molecule has 0 fully saturated rings. The van der Waals surface area contributed by atoms with E-state index < -0.39 is 12.7 Å². The molecule has 0 radical (unpaired) electrons. The molecule has 160 valence electrons. The van der Waals surface area contributed by atoms with Gasteiger partial charge in [-0.1, -0.05) is 24.3 Å². The van der Waals surface area contributed by atoms with Crippen LogP contribution in [-0.4, -0.2) is 37.3 Å². The largest absolute Gasteiger partial charge is 0.469 e. The van der Waals surface area contributed by atoms with Crippen LogP contribution in [0.5, 0.6) is 5.75 Å². The predicted octanol–water partition coefficient (Wildman–Crippen LogP) is 3.89. The van der Waals surface area contributed by atoms with E-state index in [9.17, 15) is 13.9 Å². The molecule has 0 bridgehead atoms. The summed E-state index contributed by atoms with van der Waals surface area (Å²) >= 11 is 0. The van der Waals surface area contributed by atoms with Crippen molar-refractivity contribution in [3.05, 3.63) is 66.1 Å². The minimum absolute atomic E-state index is 0. The number of alkyl halides is 2. The Bertz CT molecular complexity index is 753. The number of furan rings is 1. The number of ether oxygens (including phenoxy) is 1. The number of aliphatic hydroxyl groups is 1. The standard InChI is InChI=1S/C20H25F2N3O3.HI/c1-14(2)12-24-20(23-10-9-16-4-3-11-27-16)25-13-18(26)15-5-7-17(8-6-15)28-19(21)22;/h3-8,11,18-19,26H,1,9-10,12-13H2,2H3,(H2,23,24,25);1H. The first kappa shape index (κ1) is 24.9. The molecule has 2 rings (SSSR count). The molecule has 29 heavy (non-hydrogen) atoms. The third-order valence-electron chi connectivity index (χ3n) is 3.71. The van der Waals surface area contributed by atoms with Gasteiger partial charge in [-0.2, -0.15) is 8.78 Å². The monoisotopic (exact) mass is 521 g/mol. The molecule has 0 aliphatic rings. The van der Waals surface area contributed by atoms with Crippen LogP contribution in [0.2, 0.25) is 0 Å². The lowest BCUT2D eigenvalue weighted by atomic mass is 10.1. The minimum Gasteiger partial charge on any atom is -0.469 e. The van der Waals surface area contributed by atoms with Crippen molar-refractivity contribution in [1.82, 2.24) is 10.6 Å². The zero-order chi connectivity index (χ0) is 20.4. The number of halogens is 3. The van der Waals surface area contributed by atoms with Crippen molar-refractivity contribution >= 4 is 29.9 Å². The van der Waals surface area contributed by atoms with Crippen molar-refractivity contribution in [3.63, 3.8) is 0 Å². The molecule has 1 atom stereocenters. The zero-order valence-electron chi connectivity index (χ0n) is 16.1. The second kappa shape index (κ2) is 13.2. The van der Waals surface area contributed by atoms with Crippen LogP contribution in [-0.2, 0) is 6.42 Å². The molecule has 0 saturated heterocycles. The summed E-state index contributed by atoms with van der Waals surface area (Å²) in [5.41, 5.74) is 1.50. The number of aliphatic imine (C=N–C) groups is 1. The summed E-state index contributed by atoms with van der Waals surface area (Å²) in [5, 5.41) is 16.6. The lowest BCUT2D eigenvalue weighted by Gasteiger charge is -2.14. The lowest BCUT2D eigenvalue weighted by molar-refractivity contribution is -0.0498. The predicted molar refractivity (Wildman–Crippen MR) is 119 cm³/mol. The molecule has 0 spiro atoms.